The normalized spacial score (nSPS) is 29.1. The van der Waals surface area contributed by atoms with Crippen molar-refractivity contribution in [3.05, 3.63) is 35.5 Å². The van der Waals surface area contributed by atoms with Crippen LogP contribution in [0.1, 0.15) is 40.5 Å². The van der Waals surface area contributed by atoms with Crippen molar-refractivity contribution in [2.75, 3.05) is 13.7 Å². The van der Waals surface area contributed by atoms with E-state index in [1.165, 1.54) is 19.1 Å². The van der Waals surface area contributed by atoms with Crippen LogP contribution >= 0.6 is 0 Å². The molecule has 204 valence electrons. The first-order valence-corrected chi connectivity index (χ1v) is 11.5. The molecule has 37 heavy (non-hydrogen) atoms. The first-order valence-electron chi connectivity index (χ1n) is 11.5. The van der Waals surface area contributed by atoms with Gasteiger partial charge in [-0.3, -0.25) is 9.59 Å². The lowest BCUT2D eigenvalue weighted by Crippen LogP contribution is -2.53. The second kappa shape index (κ2) is 12.2. The van der Waals surface area contributed by atoms with Crippen LogP contribution in [-0.2, 0) is 47.7 Å². The smallest absolute Gasteiger partial charge is 0.342 e. The van der Waals surface area contributed by atoms with Gasteiger partial charge in [-0.05, 0) is 38.3 Å². The molecule has 0 radical (unpaired) electrons. The number of rotatable bonds is 7. The quantitative estimate of drug-likeness (QED) is 0.204. The number of carbonyl (C=O) groups is 5. The van der Waals surface area contributed by atoms with Crippen LogP contribution in [0.2, 0.25) is 0 Å². The highest BCUT2D eigenvalue weighted by Crippen LogP contribution is 2.38. The molecule has 2 N–H and O–H groups in total. The maximum atomic E-state index is 13.2. The van der Waals surface area contributed by atoms with Gasteiger partial charge in [-0.2, -0.15) is 0 Å². The molecular weight excluding hydrogens is 492 g/mol. The Balaban J connectivity index is 2.71. The maximum Gasteiger partial charge on any atom is 0.342 e. The van der Waals surface area contributed by atoms with E-state index in [-0.39, 0.29) is 30.6 Å². The topological polar surface area (TPSA) is 172 Å². The molecule has 1 fully saturated rings. The molecule has 0 amide bonds. The first-order chi connectivity index (χ1) is 17.2. The summed E-state index contributed by atoms with van der Waals surface area (Å²) in [6.45, 7) is 7.81. The largest absolute Gasteiger partial charge is 0.466 e. The second-order valence-electron chi connectivity index (χ2n) is 8.89. The average molecular weight is 525 g/mol. The lowest BCUT2D eigenvalue weighted by Gasteiger charge is -2.36. The molecule has 1 heterocycles. The summed E-state index contributed by atoms with van der Waals surface area (Å²) in [6, 6.07) is 0. The van der Waals surface area contributed by atoms with Crippen molar-refractivity contribution in [1.29, 1.82) is 0 Å². The zero-order valence-corrected chi connectivity index (χ0v) is 21.3. The molecule has 0 bridgehead atoms. The van der Waals surface area contributed by atoms with Gasteiger partial charge in [-0.25, -0.2) is 14.4 Å². The average Bonchev–Trinajstić information content (AvgIpc) is 3.09. The van der Waals surface area contributed by atoms with Crippen LogP contribution in [0.5, 0.6) is 0 Å². The van der Waals surface area contributed by atoms with Crippen molar-refractivity contribution < 1.29 is 57.9 Å². The van der Waals surface area contributed by atoms with Gasteiger partial charge >= 0.3 is 29.8 Å². The number of fused-ring (bicyclic) bond motifs is 1. The molecular formula is C25H32O12. The fourth-order valence-electron chi connectivity index (χ4n) is 4.01. The number of carbonyl (C=O) groups excluding carboxylic acids is 5. The van der Waals surface area contributed by atoms with Gasteiger partial charge in [0.2, 0.25) is 0 Å². The molecule has 2 aliphatic rings. The van der Waals surface area contributed by atoms with Crippen LogP contribution in [-0.4, -0.2) is 83.8 Å². The molecule has 0 saturated carbocycles. The predicted octanol–water partition coefficient (Wildman–Crippen LogP) is 0.442. The predicted molar refractivity (Wildman–Crippen MR) is 124 cm³/mol. The molecule has 0 aromatic heterocycles. The van der Waals surface area contributed by atoms with E-state index in [1.54, 1.807) is 0 Å². The standard InChI is InChI=1S/C25H32O12/c1-12-19-18(36-22(12)29)10-16(11-26)8-7-9-17(23(30)33-6)20(35-15(4)28)21(19)37-24(31)25(5,32)13(2)34-14(3)27/h9-10,13,18-21,26,32H,1,7-8,11H2,2-6H3/b16-10+,17-9+. The molecule has 2 rings (SSSR count). The number of hydrogen-bond acceptors (Lipinski definition) is 12. The molecule has 12 nitrogen and oxygen atoms in total. The number of aliphatic hydroxyl groups excluding tert-OH is 1. The van der Waals surface area contributed by atoms with E-state index in [0.29, 0.717) is 5.57 Å². The monoisotopic (exact) mass is 524 g/mol. The molecule has 1 aliphatic heterocycles. The van der Waals surface area contributed by atoms with Crippen LogP contribution in [0.15, 0.2) is 35.5 Å². The highest BCUT2D eigenvalue weighted by Gasteiger charge is 2.52. The Morgan fingerprint density at radius 3 is 2.41 bits per heavy atom. The van der Waals surface area contributed by atoms with E-state index in [1.807, 2.05) is 0 Å². The summed E-state index contributed by atoms with van der Waals surface area (Å²) in [5.74, 6) is -5.87. The second-order valence-corrected chi connectivity index (χ2v) is 8.89. The Hall–Kier alpha value is -3.51. The number of aliphatic hydroxyl groups is 2. The molecule has 6 unspecified atom stereocenters. The number of allylic oxidation sites excluding steroid dienone is 1. The van der Waals surface area contributed by atoms with E-state index in [9.17, 15) is 34.2 Å². The highest BCUT2D eigenvalue weighted by molar-refractivity contribution is 5.93. The summed E-state index contributed by atoms with van der Waals surface area (Å²) < 4.78 is 26.2. The number of hydrogen-bond donors (Lipinski definition) is 2. The van der Waals surface area contributed by atoms with Crippen LogP contribution in [0.25, 0.3) is 0 Å². The minimum Gasteiger partial charge on any atom is -0.466 e. The molecule has 0 aromatic carbocycles. The molecule has 12 heteroatoms. The molecule has 0 aromatic rings. The van der Waals surface area contributed by atoms with E-state index in [0.717, 1.165) is 27.9 Å². The van der Waals surface area contributed by atoms with Crippen molar-refractivity contribution in [2.24, 2.45) is 5.92 Å². The van der Waals surface area contributed by atoms with Gasteiger partial charge in [0.05, 0.1) is 25.2 Å². The Morgan fingerprint density at radius 1 is 1.22 bits per heavy atom. The minimum atomic E-state index is -2.39. The van der Waals surface area contributed by atoms with Crippen molar-refractivity contribution >= 4 is 29.8 Å². The Morgan fingerprint density at radius 2 is 1.86 bits per heavy atom. The summed E-state index contributed by atoms with van der Waals surface area (Å²) in [4.78, 5) is 62.0. The van der Waals surface area contributed by atoms with Gasteiger partial charge in [0, 0.05) is 19.4 Å². The minimum absolute atomic E-state index is 0.161. The highest BCUT2D eigenvalue weighted by atomic mass is 16.6. The van der Waals surface area contributed by atoms with Crippen molar-refractivity contribution in [2.45, 2.75) is 70.6 Å². The Labute approximate surface area is 213 Å². The summed E-state index contributed by atoms with van der Waals surface area (Å²) in [7, 11) is 1.10. The number of ether oxygens (including phenoxy) is 5. The van der Waals surface area contributed by atoms with E-state index in [2.05, 4.69) is 6.58 Å². The van der Waals surface area contributed by atoms with E-state index >= 15 is 0 Å². The van der Waals surface area contributed by atoms with Gasteiger partial charge in [0.1, 0.15) is 12.2 Å². The molecule has 0 spiro atoms. The van der Waals surface area contributed by atoms with E-state index in [4.69, 9.17) is 23.7 Å². The molecule has 1 aliphatic carbocycles. The van der Waals surface area contributed by atoms with Crippen LogP contribution in [0.3, 0.4) is 0 Å². The van der Waals surface area contributed by atoms with Crippen molar-refractivity contribution in [3.63, 3.8) is 0 Å². The van der Waals surface area contributed by atoms with Gasteiger partial charge in [-0.15, -0.1) is 0 Å². The fraction of sp³-hybridized carbons (Fsp3) is 0.560. The van der Waals surface area contributed by atoms with Crippen LogP contribution < -0.4 is 0 Å². The third kappa shape index (κ3) is 6.83. The summed E-state index contributed by atoms with van der Waals surface area (Å²) >= 11 is 0. The van der Waals surface area contributed by atoms with Crippen LogP contribution in [0.4, 0.5) is 0 Å². The first kappa shape index (κ1) is 29.7. The van der Waals surface area contributed by atoms with Crippen molar-refractivity contribution in [3.8, 4) is 0 Å². The summed E-state index contributed by atoms with van der Waals surface area (Å²) in [5, 5.41) is 20.6. The summed E-state index contributed by atoms with van der Waals surface area (Å²) in [6.07, 6.45) is -2.38. The number of methoxy groups -OCH3 is 1. The number of esters is 5. The van der Waals surface area contributed by atoms with Gasteiger partial charge < -0.3 is 33.9 Å². The third-order valence-corrected chi connectivity index (χ3v) is 6.16. The van der Waals surface area contributed by atoms with Crippen LogP contribution in [0, 0.1) is 5.92 Å². The third-order valence-electron chi connectivity index (χ3n) is 6.16. The SMILES string of the molecule is C=C1C(=O)OC2/C=C(/CO)CC/C=C(/C(=O)OC)C(OC(C)=O)C(OC(=O)C(C)(O)C(C)OC(C)=O)C12. The van der Waals surface area contributed by atoms with Gasteiger partial charge in [-0.1, -0.05) is 12.7 Å². The van der Waals surface area contributed by atoms with Crippen molar-refractivity contribution in [1.82, 2.24) is 0 Å². The lowest BCUT2D eigenvalue weighted by molar-refractivity contribution is -0.196. The maximum absolute atomic E-state index is 13.2. The fourth-order valence-corrected chi connectivity index (χ4v) is 4.01. The zero-order valence-electron chi connectivity index (χ0n) is 21.3. The Bertz CT molecular complexity index is 1020. The van der Waals surface area contributed by atoms with E-state index < -0.39 is 65.8 Å². The summed E-state index contributed by atoms with van der Waals surface area (Å²) in [5.41, 5.74) is -2.28. The lowest BCUT2D eigenvalue weighted by atomic mass is 9.83. The van der Waals surface area contributed by atoms with Gasteiger partial charge in [0.15, 0.2) is 17.8 Å². The zero-order chi connectivity index (χ0) is 28.1. The van der Waals surface area contributed by atoms with Gasteiger partial charge in [0.25, 0.3) is 0 Å². The molecule has 6 atom stereocenters. The Kier molecular flexibility index (Phi) is 9.76. The molecule has 1 saturated heterocycles.